The number of aliphatic imine (C=N–C) groups is 1. The first-order valence-electron chi connectivity index (χ1n) is 4.27. The van der Waals surface area contributed by atoms with Crippen molar-refractivity contribution in [3.05, 3.63) is 42.0 Å². The van der Waals surface area contributed by atoms with Crippen molar-refractivity contribution in [3.8, 4) is 0 Å². The predicted molar refractivity (Wildman–Crippen MR) is 60.2 cm³/mol. The van der Waals surface area contributed by atoms with E-state index in [1.165, 1.54) is 5.56 Å². The minimum absolute atomic E-state index is 0.454. The van der Waals surface area contributed by atoms with Crippen LogP contribution in [0.15, 0.2) is 41.4 Å². The molecule has 1 aromatic carbocycles. The minimum atomic E-state index is 0.454. The zero-order chi connectivity index (χ0) is 9.10. The van der Waals surface area contributed by atoms with Crippen LogP contribution >= 0.6 is 15.9 Å². The SMILES string of the molecule is BrCC1C=NC(c2ccccc2)=C1. The van der Waals surface area contributed by atoms with Crippen LogP contribution in [-0.2, 0) is 0 Å². The summed E-state index contributed by atoms with van der Waals surface area (Å²) in [6.45, 7) is 0. The van der Waals surface area contributed by atoms with E-state index in [1.54, 1.807) is 0 Å². The Bertz CT molecular complexity index is 340. The Morgan fingerprint density at radius 2 is 2.00 bits per heavy atom. The largest absolute Gasteiger partial charge is 0.260 e. The van der Waals surface area contributed by atoms with Gasteiger partial charge in [-0.05, 0) is 11.6 Å². The van der Waals surface area contributed by atoms with Gasteiger partial charge in [-0.3, -0.25) is 4.99 Å². The Balaban J connectivity index is 2.25. The van der Waals surface area contributed by atoms with Crippen LogP contribution in [0.4, 0.5) is 0 Å². The molecule has 1 aliphatic heterocycles. The van der Waals surface area contributed by atoms with Gasteiger partial charge in [0, 0.05) is 17.5 Å². The quantitative estimate of drug-likeness (QED) is 0.699. The zero-order valence-electron chi connectivity index (χ0n) is 7.15. The fraction of sp³-hybridized carbons (Fsp3) is 0.182. The van der Waals surface area contributed by atoms with Gasteiger partial charge in [0.2, 0.25) is 0 Å². The highest BCUT2D eigenvalue weighted by molar-refractivity contribution is 9.09. The molecule has 0 fully saturated rings. The van der Waals surface area contributed by atoms with Crippen LogP contribution < -0.4 is 0 Å². The topological polar surface area (TPSA) is 12.4 Å². The molecule has 13 heavy (non-hydrogen) atoms. The highest BCUT2D eigenvalue weighted by Gasteiger charge is 2.10. The first-order valence-corrected chi connectivity index (χ1v) is 5.39. The second-order valence-corrected chi connectivity index (χ2v) is 3.66. The Morgan fingerprint density at radius 3 is 2.62 bits per heavy atom. The molecule has 0 radical (unpaired) electrons. The van der Waals surface area contributed by atoms with Crippen molar-refractivity contribution in [2.24, 2.45) is 10.9 Å². The summed E-state index contributed by atoms with van der Waals surface area (Å²) in [7, 11) is 0. The molecular weight excluding hydrogens is 226 g/mol. The number of alkyl halides is 1. The summed E-state index contributed by atoms with van der Waals surface area (Å²) in [4.78, 5) is 4.36. The van der Waals surface area contributed by atoms with Crippen LogP contribution in [0.3, 0.4) is 0 Å². The monoisotopic (exact) mass is 235 g/mol. The number of halogens is 1. The van der Waals surface area contributed by atoms with Crippen LogP contribution in [0.25, 0.3) is 5.70 Å². The third-order valence-electron chi connectivity index (χ3n) is 2.02. The van der Waals surface area contributed by atoms with Gasteiger partial charge in [-0.25, -0.2) is 0 Å². The summed E-state index contributed by atoms with van der Waals surface area (Å²) < 4.78 is 0. The predicted octanol–water partition coefficient (Wildman–Crippen LogP) is 3.12. The van der Waals surface area contributed by atoms with E-state index in [2.05, 4.69) is 39.1 Å². The zero-order valence-corrected chi connectivity index (χ0v) is 8.74. The molecule has 1 unspecified atom stereocenters. The van der Waals surface area contributed by atoms with Gasteiger partial charge >= 0.3 is 0 Å². The van der Waals surface area contributed by atoms with E-state index in [0.717, 1.165) is 11.0 Å². The van der Waals surface area contributed by atoms with Crippen molar-refractivity contribution < 1.29 is 0 Å². The normalized spacial score (nSPS) is 20.4. The van der Waals surface area contributed by atoms with Gasteiger partial charge < -0.3 is 0 Å². The van der Waals surface area contributed by atoms with E-state index < -0.39 is 0 Å². The molecule has 66 valence electrons. The third-order valence-corrected chi connectivity index (χ3v) is 2.77. The van der Waals surface area contributed by atoms with Crippen LogP contribution in [0, 0.1) is 5.92 Å². The van der Waals surface area contributed by atoms with E-state index in [-0.39, 0.29) is 0 Å². The Kier molecular flexibility index (Phi) is 2.60. The van der Waals surface area contributed by atoms with Gasteiger partial charge in [-0.2, -0.15) is 0 Å². The number of rotatable bonds is 2. The van der Waals surface area contributed by atoms with Crippen LogP contribution in [0.2, 0.25) is 0 Å². The van der Waals surface area contributed by atoms with E-state index in [0.29, 0.717) is 5.92 Å². The molecule has 0 bridgehead atoms. The first kappa shape index (κ1) is 8.70. The molecule has 0 saturated carbocycles. The summed E-state index contributed by atoms with van der Waals surface area (Å²) in [5.74, 6) is 0.454. The average molecular weight is 236 g/mol. The highest BCUT2D eigenvalue weighted by Crippen LogP contribution is 2.22. The summed E-state index contributed by atoms with van der Waals surface area (Å²) >= 11 is 3.44. The van der Waals surface area contributed by atoms with Crippen LogP contribution in [0.1, 0.15) is 5.56 Å². The van der Waals surface area contributed by atoms with Crippen LogP contribution in [-0.4, -0.2) is 11.5 Å². The van der Waals surface area contributed by atoms with Gasteiger partial charge in [0.05, 0.1) is 5.70 Å². The average Bonchev–Trinajstić information content (AvgIpc) is 2.67. The summed E-state index contributed by atoms with van der Waals surface area (Å²) in [5, 5.41) is 0.951. The molecule has 0 N–H and O–H groups in total. The lowest BCUT2D eigenvalue weighted by molar-refractivity contribution is 1.08. The highest BCUT2D eigenvalue weighted by atomic mass is 79.9. The van der Waals surface area contributed by atoms with Crippen molar-refractivity contribution in [2.45, 2.75) is 0 Å². The molecule has 0 aliphatic carbocycles. The minimum Gasteiger partial charge on any atom is -0.260 e. The van der Waals surface area contributed by atoms with Crippen molar-refractivity contribution in [3.63, 3.8) is 0 Å². The fourth-order valence-electron chi connectivity index (χ4n) is 1.33. The summed E-state index contributed by atoms with van der Waals surface area (Å²) in [6.07, 6.45) is 4.17. The van der Waals surface area contributed by atoms with Crippen molar-refractivity contribution in [1.29, 1.82) is 0 Å². The molecule has 0 saturated heterocycles. The van der Waals surface area contributed by atoms with E-state index in [9.17, 15) is 0 Å². The lowest BCUT2D eigenvalue weighted by Crippen LogP contribution is -1.93. The lowest BCUT2D eigenvalue weighted by Gasteiger charge is -1.97. The summed E-state index contributed by atoms with van der Waals surface area (Å²) in [5.41, 5.74) is 2.28. The number of hydrogen-bond acceptors (Lipinski definition) is 1. The second-order valence-electron chi connectivity index (χ2n) is 3.01. The second kappa shape index (κ2) is 3.88. The number of nitrogens with zero attached hydrogens (tertiary/aromatic N) is 1. The molecule has 0 spiro atoms. The van der Waals surface area contributed by atoms with E-state index in [1.807, 2.05) is 24.4 Å². The Morgan fingerprint density at radius 1 is 1.23 bits per heavy atom. The van der Waals surface area contributed by atoms with Crippen LogP contribution in [0.5, 0.6) is 0 Å². The molecule has 0 aromatic heterocycles. The first-order chi connectivity index (χ1) is 6.40. The number of allylic oxidation sites excluding steroid dienone is 1. The molecule has 2 heteroatoms. The standard InChI is InChI=1S/C11H10BrN/c12-7-9-6-11(13-8-9)10-4-2-1-3-5-10/h1-6,8-9H,7H2. The molecule has 1 heterocycles. The number of hydrogen-bond donors (Lipinski definition) is 0. The maximum atomic E-state index is 4.36. The molecule has 0 amide bonds. The van der Waals surface area contributed by atoms with Crippen molar-refractivity contribution in [1.82, 2.24) is 0 Å². The smallest absolute Gasteiger partial charge is 0.0665 e. The lowest BCUT2D eigenvalue weighted by atomic mass is 10.1. The molecular formula is C11H10BrN. The fourth-order valence-corrected chi connectivity index (χ4v) is 1.68. The Hall–Kier alpha value is -0.890. The van der Waals surface area contributed by atoms with E-state index in [4.69, 9.17) is 0 Å². The third kappa shape index (κ3) is 1.89. The summed E-state index contributed by atoms with van der Waals surface area (Å²) in [6, 6.07) is 10.3. The van der Waals surface area contributed by atoms with Crippen molar-refractivity contribution in [2.75, 3.05) is 5.33 Å². The number of benzene rings is 1. The van der Waals surface area contributed by atoms with Gasteiger partial charge in [-0.1, -0.05) is 46.3 Å². The van der Waals surface area contributed by atoms with Gasteiger partial charge in [0.15, 0.2) is 0 Å². The van der Waals surface area contributed by atoms with Gasteiger partial charge in [-0.15, -0.1) is 0 Å². The maximum Gasteiger partial charge on any atom is 0.0665 e. The van der Waals surface area contributed by atoms with Gasteiger partial charge in [0.1, 0.15) is 0 Å². The van der Waals surface area contributed by atoms with E-state index >= 15 is 0 Å². The Labute approximate surface area is 86.3 Å². The molecule has 2 rings (SSSR count). The van der Waals surface area contributed by atoms with Crippen molar-refractivity contribution >= 4 is 27.8 Å². The maximum absolute atomic E-state index is 4.36. The molecule has 1 atom stereocenters. The van der Waals surface area contributed by atoms with Gasteiger partial charge in [0.25, 0.3) is 0 Å². The molecule has 1 aromatic rings. The molecule has 1 aliphatic rings. The molecule has 1 nitrogen and oxygen atoms in total.